The molecule has 0 aromatic carbocycles. The Bertz CT molecular complexity index is 356. The molecule has 1 aromatic rings. The number of hydrogen-bond donors (Lipinski definition) is 0. The second-order valence-electron chi connectivity index (χ2n) is 4.73. The lowest BCUT2D eigenvalue weighted by molar-refractivity contribution is -0.760. The van der Waals surface area contributed by atoms with Crippen LogP contribution in [0, 0.1) is 0 Å². The van der Waals surface area contributed by atoms with Gasteiger partial charge in [-0.1, -0.05) is 12.8 Å². The summed E-state index contributed by atoms with van der Waals surface area (Å²) in [7, 11) is 3.68. The molecule has 1 aliphatic heterocycles. The molecule has 0 spiro atoms. The first-order valence-electron chi connectivity index (χ1n) is 6.16. The Hall–Kier alpha value is -1.30. The molecule has 0 saturated carbocycles. The van der Waals surface area contributed by atoms with Crippen molar-refractivity contribution >= 4 is 0 Å². The van der Waals surface area contributed by atoms with Crippen molar-refractivity contribution in [1.82, 2.24) is 10.2 Å². The van der Waals surface area contributed by atoms with Gasteiger partial charge in [0.05, 0.1) is 20.6 Å². The van der Waals surface area contributed by atoms with Gasteiger partial charge < -0.3 is 9.63 Å². The van der Waals surface area contributed by atoms with Gasteiger partial charge in [0.15, 0.2) is 5.95 Å². The van der Waals surface area contributed by atoms with E-state index >= 15 is 0 Å². The van der Waals surface area contributed by atoms with Gasteiger partial charge in [0.25, 0.3) is 5.69 Å². The monoisotopic (exact) mass is 240 g/mol. The zero-order valence-electron chi connectivity index (χ0n) is 10.6. The van der Waals surface area contributed by atoms with E-state index in [9.17, 15) is 5.11 Å². The second-order valence-corrected chi connectivity index (χ2v) is 4.73. The van der Waals surface area contributed by atoms with E-state index in [4.69, 9.17) is 4.52 Å². The van der Waals surface area contributed by atoms with Gasteiger partial charge in [0, 0.05) is 4.79 Å². The number of aromatic nitrogens is 2. The third-order valence-corrected chi connectivity index (χ3v) is 3.13. The van der Waals surface area contributed by atoms with Crippen LogP contribution in [0.2, 0.25) is 0 Å². The van der Waals surface area contributed by atoms with Crippen molar-refractivity contribution in [3.8, 4) is 5.95 Å². The molecule has 0 unspecified atom stereocenters. The predicted molar refractivity (Wildman–Crippen MR) is 60.0 cm³/mol. The normalized spacial score (nSPS) is 18.0. The van der Waals surface area contributed by atoms with Crippen molar-refractivity contribution in [3.63, 3.8) is 0 Å². The summed E-state index contributed by atoms with van der Waals surface area (Å²) in [5.74, 6) is -0.331. The van der Waals surface area contributed by atoms with Gasteiger partial charge in [-0.3, -0.25) is 4.90 Å². The van der Waals surface area contributed by atoms with Gasteiger partial charge >= 0.3 is 0 Å². The Kier molecular flexibility index (Phi) is 3.83. The minimum atomic E-state index is -0.331. The molecule has 1 saturated heterocycles. The fraction of sp³-hybridized carbons (Fsp3) is 0.818. The van der Waals surface area contributed by atoms with Crippen LogP contribution >= 0.6 is 0 Å². The molecule has 0 aliphatic carbocycles. The summed E-state index contributed by atoms with van der Waals surface area (Å²) in [6, 6.07) is 0. The van der Waals surface area contributed by atoms with Gasteiger partial charge in [0.2, 0.25) is 0 Å². The molecule has 96 valence electrons. The first-order valence-corrected chi connectivity index (χ1v) is 6.16. The van der Waals surface area contributed by atoms with E-state index in [0.717, 1.165) is 13.1 Å². The predicted octanol–water partition coefficient (Wildman–Crippen LogP) is -0.391. The molecule has 17 heavy (non-hydrogen) atoms. The quantitative estimate of drug-likeness (QED) is 0.673. The highest BCUT2D eigenvalue weighted by atomic mass is 16.6. The van der Waals surface area contributed by atoms with E-state index < -0.39 is 0 Å². The molecule has 1 aromatic heterocycles. The molecular formula is C11H20N4O2. The van der Waals surface area contributed by atoms with Gasteiger partial charge in [-0.15, -0.1) is 0 Å². The smallest absolute Gasteiger partial charge is 0.281 e. The third-order valence-electron chi connectivity index (χ3n) is 3.13. The van der Waals surface area contributed by atoms with Crippen molar-refractivity contribution in [3.05, 3.63) is 5.69 Å². The maximum absolute atomic E-state index is 11.6. The summed E-state index contributed by atoms with van der Waals surface area (Å²) in [5.41, 5.74) is 0.608. The highest BCUT2D eigenvalue weighted by Gasteiger charge is 2.23. The summed E-state index contributed by atoms with van der Waals surface area (Å²) >= 11 is 0. The summed E-state index contributed by atoms with van der Waals surface area (Å²) in [6.45, 7) is 2.73. The van der Waals surface area contributed by atoms with E-state index in [0.29, 0.717) is 12.2 Å². The molecule has 1 aliphatic rings. The van der Waals surface area contributed by atoms with Gasteiger partial charge in [-0.05, 0) is 25.9 Å². The fourth-order valence-electron chi connectivity index (χ4n) is 2.21. The Balaban J connectivity index is 2.08. The van der Waals surface area contributed by atoms with E-state index in [1.165, 1.54) is 30.5 Å². The summed E-state index contributed by atoms with van der Waals surface area (Å²) < 4.78 is 4.72. The molecule has 2 rings (SSSR count). The van der Waals surface area contributed by atoms with Crippen LogP contribution in [0.4, 0.5) is 0 Å². The molecule has 1 fully saturated rings. The maximum atomic E-state index is 11.6. The first kappa shape index (κ1) is 12.2. The molecule has 0 N–H and O–H groups in total. The zero-order chi connectivity index (χ0) is 12.3. The largest absolute Gasteiger partial charge is 0.539 e. The van der Waals surface area contributed by atoms with Crippen LogP contribution in [-0.2, 0) is 6.54 Å². The van der Waals surface area contributed by atoms with Crippen molar-refractivity contribution in [2.24, 2.45) is 0 Å². The summed E-state index contributed by atoms with van der Waals surface area (Å²) in [4.78, 5) is 3.84. The Morgan fingerprint density at radius 2 is 1.94 bits per heavy atom. The lowest BCUT2D eigenvalue weighted by atomic mass is 10.2. The van der Waals surface area contributed by atoms with Crippen LogP contribution in [0.3, 0.4) is 0 Å². The average Bonchev–Trinajstić information content (AvgIpc) is 2.52. The molecule has 0 bridgehead atoms. The minimum absolute atomic E-state index is 0.331. The van der Waals surface area contributed by atoms with Crippen molar-refractivity contribution in [2.75, 3.05) is 32.2 Å². The number of nitrogens with zero attached hydrogens (tertiary/aromatic N) is 4. The summed E-state index contributed by atoms with van der Waals surface area (Å²) in [5, 5.41) is 17.1. The van der Waals surface area contributed by atoms with E-state index in [1.807, 2.05) is 14.1 Å². The SMILES string of the molecule is CN(C)[n+]1noc([O-])c1CN1CCCCCC1. The van der Waals surface area contributed by atoms with Crippen LogP contribution in [0.15, 0.2) is 4.52 Å². The van der Waals surface area contributed by atoms with E-state index in [-0.39, 0.29) is 5.95 Å². The van der Waals surface area contributed by atoms with Crippen molar-refractivity contribution < 1.29 is 14.4 Å². The molecule has 0 radical (unpaired) electrons. The van der Waals surface area contributed by atoms with Crippen molar-refractivity contribution in [1.29, 1.82) is 0 Å². The van der Waals surface area contributed by atoms with E-state index in [1.54, 1.807) is 5.01 Å². The van der Waals surface area contributed by atoms with Gasteiger partial charge in [0.1, 0.15) is 5.27 Å². The number of hydrogen-bond acceptors (Lipinski definition) is 5. The topological polar surface area (TPSA) is 59.5 Å². The van der Waals surface area contributed by atoms with Crippen molar-refractivity contribution in [2.45, 2.75) is 32.2 Å². The third kappa shape index (κ3) is 2.88. The van der Waals surface area contributed by atoms with Gasteiger partial charge in [-0.2, -0.15) is 5.01 Å². The average molecular weight is 240 g/mol. The maximum Gasteiger partial charge on any atom is 0.281 e. The highest BCUT2D eigenvalue weighted by Crippen LogP contribution is 2.15. The van der Waals surface area contributed by atoms with E-state index in [2.05, 4.69) is 10.2 Å². The Morgan fingerprint density at radius 3 is 2.53 bits per heavy atom. The van der Waals surface area contributed by atoms with Gasteiger partial charge in [-0.25, -0.2) is 0 Å². The molecule has 2 heterocycles. The second kappa shape index (κ2) is 5.35. The van der Waals surface area contributed by atoms with Crippen LogP contribution in [0.25, 0.3) is 0 Å². The van der Waals surface area contributed by atoms with Crippen LogP contribution in [-0.4, -0.2) is 37.4 Å². The summed E-state index contributed by atoms with van der Waals surface area (Å²) in [6.07, 6.45) is 5.00. The minimum Gasteiger partial charge on any atom is -0.539 e. The number of rotatable bonds is 3. The lowest BCUT2D eigenvalue weighted by Crippen LogP contribution is -2.57. The molecule has 6 nitrogen and oxygen atoms in total. The zero-order valence-corrected chi connectivity index (χ0v) is 10.6. The van der Waals surface area contributed by atoms with Crippen LogP contribution in [0.1, 0.15) is 31.4 Å². The Morgan fingerprint density at radius 1 is 1.29 bits per heavy atom. The first-order chi connectivity index (χ1) is 8.18. The van der Waals surface area contributed by atoms with Crippen LogP contribution < -0.4 is 14.9 Å². The fourth-order valence-corrected chi connectivity index (χ4v) is 2.21. The lowest BCUT2D eigenvalue weighted by Gasteiger charge is -2.17. The molecule has 6 heteroatoms. The molecule has 0 amide bonds. The number of likely N-dealkylation sites (tertiary alicyclic amines) is 1. The highest BCUT2D eigenvalue weighted by molar-refractivity contribution is 5.03. The molecular weight excluding hydrogens is 220 g/mol. The Labute approximate surface area is 101 Å². The molecule has 0 atom stereocenters. The standard InChI is InChI=1S/C11H20N4O2/c1-13(2)15-10(11(16)17-12-15)9-14-7-5-3-4-6-8-14/h3-9H2,1-2H3. The van der Waals surface area contributed by atoms with Crippen LogP contribution in [0.5, 0.6) is 5.95 Å².